The summed E-state index contributed by atoms with van der Waals surface area (Å²) in [6.45, 7) is 3.95. The van der Waals surface area contributed by atoms with E-state index in [0.717, 1.165) is 18.4 Å². The van der Waals surface area contributed by atoms with E-state index in [2.05, 4.69) is 24.8 Å². The Hall–Kier alpha value is -1.52. The number of rotatable bonds is 5. The fourth-order valence-electron chi connectivity index (χ4n) is 1.61. The molecule has 17 heavy (non-hydrogen) atoms. The van der Waals surface area contributed by atoms with Gasteiger partial charge < -0.3 is 5.11 Å². The average Bonchev–Trinajstić information content (AvgIpc) is 2.37. The predicted octanol–water partition coefficient (Wildman–Crippen LogP) is 3.86. The number of benzene rings is 1. The molecular weight excluding hydrogens is 208 g/mol. The van der Waals surface area contributed by atoms with Crippen molar-refractivity contribution in [2.24, 2.45) is 0 Å². The second-order valence-corrected chi connectivity index (χ2v) is 4.14. The highest BCUT2D eigenvalue weighted by molar-refractivity contribution is 5.18. The standard InChI is InChI=1S/C16H20O/c1-3-4-6-9-14(2)12-13-16(17)15-10-7-5-8-11-15/h5,7-8,10-12,16-17H,6,9,13H2,1-2H3/b14-12+. The van der Waals surface area contributed by atoms with Crippen LogP contribution in [0, 0.1) is 11.8 Å². The lowest BCUT2D eigenvalue weighted by Gasteiger charge is -2.08. The SMILES string of the molecule is CC#CCC/C(C)=C/CC(O)c1ccccc1. The molecule has 0 spiro atoms. The highest BCUT2D eigenvalue weighted by Gasteiger charge is 2.04. The third kappa shape index (κ3) is 5.38. The fourth-order valence-corrected chi connectivity index (χ4v) is 1.61. The summed E-state index contributed by atoms with van der Waals surface area (Å²) >= 11 is 0. The summed E-state index contributed by atoms with van der Waals surface area (Å²) in [6, 6.07) is 9.77. The van der Waals surface area contributed by atoms with Crippen molar-refractivity contribution in [1.82, 2.24) is 0 Å². The van der Waals surface area contributed by atoms with E-state index in [1.54, 1.807) is 0 Å². The molecule has 0 aliphatic carbocycles. The van der Waals surface area contributed by atoms with Gasteiger partial charge in [0.1, 0.15) is 0 Å². The molecule has 0 saturated carbocycles. The minimum atomic E-state index is -0.400. The van der Waals surface area contributed by atoms with Crippen LogP contribution in [0.3, 0.4) is 0 Å². The smallest absolute Gasteiger partial charge is 0.0824 e. The number of aliphatic hydroxyl groups is 1. The molecule has 0 saturated heterocycles. The molecule has 1 aromatic rings. The number of allylic oxidation sites excluding steroid dienone is 1. The summed E-state index contributed by atoms with van der Waals surface area (Å²) in [5.41, 5.74) is 2.27. The van der Waals surface area contributed by atoms with Gasteiger partial charge in [0.25, 0.3) is 0 Å². The highest BCUT2D eigenvalue weighted by atomic mass is 16.3. The first-order chi connectivity index (χ1) is 8.24. The lowest BCUT2D eigenvalue weighted by atomic mass is 10.0. The van der Waals surface area contributed by atoms with Gasteiger partial charge in [-0.3, -0.25) is 0 Å². The summed E-state index contributed by atoms with van der Waals surface area (Å²) in [5, 5.41) is 9.97. The topological polar surface area (TPSA) is 20.2 Å². The zero-order chi connectivity index (χ0) is 12.5. The van der Waals surface area contributed by atoms with Crippen molar-refractivity contribution in [2.45, 2.75) is 39.2 Å². The van der Waals surface area contributed by atoms with Crippen LogP contribution in [0.2, 0.25) is 0 Å². The van der Waals surface area contributed by atoms with E-state index in [9.17, 15) is 5.11 Å². The Morgan fingerprint density at radius 1 is 1.35 bits per heavy atom. The molecule has 0 aliphatic heterocycles. The molecule has 0 aliphatic rings. The molecule has 0 aromatic heterocycles. The maximum atomic E-state index is 9.97. The quantitative estimate of drug-likeness (QED) is 0.599. The van der Waals surface area contributed by atoms with Crippen molar-refractivity contribution >= 4 is 0 Å². The highest BCUT2D eigenvalue weighted by Crippen LogP contribution is 2.18. The first-order valence-electron chi connectivity index (χ1n) is 6.02. The Morgan fingerprint density at radius 3 is 2.71 bits per heavy atom. The van der Waals surface area contributed by atoms with Crippen molar-refractivity contribution < 1.29 is 5.11 Å². The molecule has 1 N–H and O–H groups in total. The van der Waals surface area contributed by atoms with E-state index in [0.29, 0.717) is 6.42 Å². The van der Waals surface area contributed by atoms with Gasteiger partial charge in [0.15, 0.2) is 0 Å². The first kappa shape index (κ1) is 13.5. The van der Waals surface area contributed by atoms with Crippen molar-refractivity contribution in [3.05, 3.63) is 47.5 Å². The molecule has 1 nitrogen and oxygen atoms in total. The molecule has 1 rings (SSSR count). The van der Waals surface area contributed by atoms with E-state index >= 15 is 0 Å². The third-order valence-electron chi connectivity index (χ3n) is 2.70. The Bertz CT molecular complexity index is 406. The number of hydrogen-bond donors (Lipinski definition) is 1. The molecular formula is C16H20O. The van der Waals surface area contributed by atoms with E-state index in [4.69, 9.17) is 0 Å². The van der Waals surface area contributed by atoms with Gasteiger partial charge in [0, 0.05) is 6.42 Å². The maximum Gasteiger partial charge on any atom is 0.0824 e. The van der Waals surface area contributed by atoms with Gasteiger partial charge in [-0.05, 0) is 32.3 Å². The minimum Gasteiger partial charge on any atom is -0.388 e. The minimum absolute atomic E-state index is 0.400. The van der Waals surface area contributed by atoms with Gasteiger partial charge in [0.05, 0.1) is 6.10 Å². The Balaban J connectivity index is 2.43. The molecule has 1 heteroatoms. The predicted molar refractivity (Wildman–Crippen MR) is 72.5 cm³/mol. The molecule has 0 heterocycles. The van der Waals surface area contributed by atoms with Crippen LogP contribution in [0.4, 0.5) is 0 Å². The van der Waals surface area contributed by atoms with Crippen LogP contribution < -0.4 is 0 Å². The Kier molecular flexibility index (Phi) is 6.14. The van der Waals surface area contributed by atoms with Gasteiger partial charge in [-0.25, -0.2) is 0 Å². The summed E-state index contributed by atoms with van der Waals surface area (Å²) < 4.78 is 0. The number of hydrogen-bond acceptors (Lipinski definition) is 1. The van der Waals surface area contributed by atoms with Crippen LogP contribution in [-0.2, 0) is 0 Å². The molecule has 0 radical (unpaired) electrons. The average molecular weight is 228 g/mol. The van der Waals surface area contributed by atoms with E-state index in [1.807, 2.05) is 37.3 Å². The zero-order valence-corrected chi connectivity index (χ0v) is 10.6. The molecule has 0 fully saturated rings. The molecule has 90 valence electrons. The third-order valence-corrected chi connectivity index (χ3v) is 2.70. The van der Waals surface area contributed by atoms with Crippen molar-refractivity contribution in [1.29, 1.82) is 0 Å². The van der Waals surface area contributed by atoms with Crippen LogP contribution in [0.25, 0.3) is 0 Å². The molecule has 0 amide bonds. The molecule has 1 atom stereocenters. The normalized spacial score (nSPS) is 12.8. The second-order valence-electron chi connectivity index (χ2n) is 4.14. The summed E-state index contributed by atoms with van der Waals surface area (Å²) in [5.74, 6) is 5.93. The van der Waals surface area contributed by atoms with Crippen molar-refractivity contribution in [2.75, 3.05) is 0 Å². The fraction of sp³-hybridized carbons (Fsp3) is 0.375. The van der Waals surface area contributed by atoms with E-state index in [1.165, 1.54) is 5.57 Å². The lowest BCUT2D eigenvalue weighted by Crippen LogP contribution is -1.95. The van der Waals surface area contributed by atoms with Crippen LogP contribution in [0.15, 0.2) is 42.0 Å². The zero-order valence-electron chi connectivity index (χ0n) is 10.6. The van der Waals surface area contributed by atoms with Gasteiger partial charge in [0.2, 0.25) is 0 Å². The summed E-state index contributed by atoms with van der Waals surface area (Å²) in [6.07, 6.45) is 4.27. The van der Waals surface area contributed by atoms with Gasteiger partial charge in [-0.1, -0.05) is 42.0 Å². The van der Waals surface area contributed by atoms with Crippen LogP contribution >= 0.6 is 0 Å². The monoisotopic (exact) mass is 228 g/mol. The van der Waals surface area contributed by atoms with Crippen LogP contribution in [0.5, 0.6) is 0 Å². The van der Waals surface area contributed by atoms with Crippen molar-refractivity contribution in [3.8, 4) is 11.8 Å². The van der Waals surface area contributed by atoms with Gasteiger partial charge >= 0.3 is 0 Å². The largest absolute Gasteiger partial charge is 0.388 e. The summed E-state index contributed by atoms with van der Waals surface area (Å²) in [4.78, 5) is 0. The number of aliphatic hydroxyl groups excluding tert-OH is 1. The lowest BCUT2D eigenvalue weighted by molar-refractivity contribution is 0.181. The van der Waals surface area contributed by atoms with Crippen LogP contribution in [0.1, 0.15) is 44.8 Å². The van der Waals surface area contributed by atoms with Gasteiger partial charge in [-0.15, -0.1) is 11.8 Å². The molecule has 1 aromatic carbocycles. The Labute approximate surface area is 104 Å². The summed E-state index contributed by atoms with van der Waals surface area (Å²) in [7, 11) is 0. The van der Waals surface area contributed by atoms with Crippen LogP contribution in [-0.4, -0.2) is 5.11 Å². The van der Waals surface area contributed by atoms with E-state index in [-0.39, 0.29) is 0 Å². The molecule has 1 unspecified atom stereocenters. The first-order valence-corrected chi connectivity index (χ1v) is 6.02. The van der Waals surface area contributed by atoms with E-state index < -0.39 is 6.10 Å². The second kappa shape index (κ2) is 7.70. The maximum absolute atomic E-state index is 9.97. The van der Waals surface area contributed by atoms with Crippen molar-refractivity contribution in [3.63, 3.8) is 0 Å². The Morgan fingerprint density at radius 2 is 2.06 bits per heavy atom. The van der Waals surface area contributed by atoms with Gasteiger partial charge in [-0.2, -0.15) is 0 Å². The molecule has 0 bridgehead atoms.